The fourth-order valence-electron chi connectivity index (χ4n) is 2.73. The van der Waals surface area contributed by atoms with E-state index in [1.54, 1.807) is 60.7 Å². The molecule has 8 heteroatoms. The first-order valence-electron chi connectivity index (χ1n) is 9.85. The maximum atomic E-state index is 12.1. The number of nitrogens with zero attached hydrogens (tertiary/aromatic N) is 2. The molecule has 8 nitrogen and oxygen atoms in total. The van der Waals surface area contributed by atoms with Gasteiger partial charge in [-0.25, -0.2) is 10.9 Å². The van der Waals surface area contributed by atoms with Crippen molar-refractivity contribution in [1.29, 1.82) is 0 Å². The van der Waals surface area contributed by atoms with Gasteiger partial charge in [0.05, 0.1) is 19.0 Å². The molecular weight excluding hydrogens is 408 g/mol. The molecule has 0 aliphatic rings. The molecule has 0 heterocycles. The largest absolute Gasteiger partial charge is 0.507 e. The van der Waals surface area contributed by atoms with Gasteiger partial charge in [0.15, 0.2) is 0 Å². The monoisotopic (exact) mass is 430 g/mol. The number of carbonyl (C=O) groups excluding carboxylic acids is 2. The van der Waals surface area contributed by atoms with Gasteiger partial charge in [0.1, 0.15) is 11.5 Å². The van der Waals surface area contributed by atoms with Crippen LogP contribution >= 0.6 is 0 Å². The number of hydrogen-bond donors (Lipinski definition) is 3. The molecule has 0 aromatic heterocycles. The van der Waals surface area contributed by atoms with Crippen molar-refractivity contribution in [2.45, 2.75) is 6.92 Å². The summed E-state index contributed by atoms with van der Waals surface area (Å²) in [5.74, 6) is -0.429. The number of carbonyl (C=O) groups is 2. The predicted octanol–water partition coefficient (Wildman–Crippen LogP) is 3.32. The lowest BCUT2D eigenvalue weighted by atomic mass is 10.1. The summed E-state index contributed by atoms with van der Waals surface area (Å²) in [6.07, 6.45) is 2.61. The van der Waals surface area contributed by atoms with Crippen LogP contribution in [0.25, 0.3) is 0 Å². The third-order valence-electron chi connectivity index (χ3n) is 4.26. The molecule has 2 amide bonds. The topological polar surface area (TPSA) is 112 Å². The smallest absolute Gasteiger partial charge is 0.271 e. The first-order valence-corrected chi connectivity index (χ1v) is 9.85. The fraction of sp³-hybridized carbons (Fsp3) is 0.0833. The molecule has 0 spiro atoms. The standard InChI is InChI=1S/C24H22N4O4/c1-2-32-21-13-19(15-25-27-23(30)17-9-5-3-6-10-17)22(29)20(14-21)16-26-28-24(31)18-11-7-4-8-12-18/h3-16,29H,2H2,1H3,(H,27,30)(H,28,31)/b25-15+,26-16?. The van der Waals surface area contributed by atoms with Gasteiger partial charge in [-0.1, -0.05) is 36.4 Å². The molecule has 3 aromatic carbocycles. The molecule has 0 fully saturated rings. The Hall–Kier alpha value is -4.46. The number of phenolic OH excluding ortho intramolecular Hbond substituents is 1. The van der Waals surface area contributed by atoms with Crippen molar-refractivity contribution in [3.8, 4) is 11.5 Å². The maximum Gasteiger partial charge on any atom is 0.271 e. The first-order chi connectivity index (χ1) is 15.6. The van der Waals surface area contributed by atoms with Crippen molar-refractivity contribution < 1.29 is 19.4 Å². The third kappa shape index (κ3) is 6.02. The lowest BCUT2D eigenvalue weighted by molar-refractivity contribution is 0.0947. The zero-order valence-corrected chi connectivity index (χ0v) is 17.4. The number of benzene rings is 3. The zero-order valence-electron chi connectivity index (χ0n) is 17.4. The fourth-order valence-corrected chi connectivity index (χ4v) is 2.73. The van der Waals surface area contributed by atoms with E-state index in [0.29, 0.717) is 34.6 Å². The highest BCUT2D eigenvalue weighted by atomic mass is 16.5. The number of hydrogen-bond acceptors (Lipinski definition) is 6. The Morgan fingerprint density at radius 1 is 0.844 bits per heavy atom. The predicted molar refractivity (Wildman–Crippen MR) is 122 cm³/mol. The van der Waals surface area contributed by atoms with Crippen molar-refractivity contribution in [1.82, 2.24) is 10.9 Å². The second-order valence-electron chi connectivity index (χ2n) is 6.51. The summed E-state index contributed by atoms with van der Waals surface area (Å²) >= 11 is 0. The zero-order chi connectivity index (χ0) is 22.8. The number of amides is 2. The van der Waals surface area contributed by atoms with E-state index in [1.807, 2.05) is 19.1 Å². The van der Waals surface area contributed by atoms with E-state index in [-0.39, 0.29) is 17.6 Å². The van der Waals surface area contributed by atoms with Crippen LogP contribution in [0.5, 0.6) is 11.5 Å². The second-order valence-corrected chi connectivity index (χ2v) is 6.51. The minimum Gasteiger partial charge on any atom is -0.507 e. The molecule has 0 unspecified atom stereocenters. The average molecular weight is 430 g/mol. The van der Waals surface area contributed by atoms with Gasteiger partial charge in [0, 0.05) is 22.3 Å². The molecule has 3 rings (SSSR count). The van der Waals surface area contributed by atoms with Crippen LogP contribution in [0, 0.1) is 0 Å². The highest BCUT2D eigenvalue weighted by molar-refractivity contribution is 5.97. The Kier molecular flexibility index (Phi) is 7.69. The van der Waals surface area contributed by atoms with E-state index in [2.05, 4.69) is 21.1 Å². The van der Waals surface area contributed by atoms with Crippen LogP contribution < -0.4 is 15.6 Å². The van der Waals surface area contributed by atoms with Crippen LogP contribution in [-0.4, -0.2) is 36.0 Å². The van der Waals surface area contributed by atoms with Gasteiger partial charge in [-0.05, 0) is 43.3 Å². The van der Waals surface area contributed by atoms with Gasteiger partial charge in [0.25, 0.3) is 11.8 Å². The van der Waals surface area contributed by atoms with Gasteiger partial charge in [-0.3, -0.25) is 9.59 Å². The van der Waals surface area contributed by atoms with E-state index >= 15 is 0 Å². The molecule has 162 valence electrons. The van der Waals surface area contributed by atoms with Crippen LogP contribution in [-0.2, 0) is 0 Å². The first kappa shape index (κ1) is 22.2. The minimum absolute atomic E-state index is 0.135. The Balaban J connectivity index is 1.75. The van der Waals surface area contributed by atoms with E-state index < -0.39 is 0 Å². The normalized spacial score (nSPS) is 10.9. The Labute approximate surface area is 185 Å². The van der Waals surface area contributed by atoms with Crippen LogP contribution in [0.3, 0.4) is 0 Å². The summed E-state index contributed by atoms with van der Waals surface area (Å²) in [4.78, 5) is 24.2. The van der Waals surface area contributed by atoms with Gasteiger partial charge >= 0.3 is 0 Å². The van der Waals surface area contributed by atoms with E-state index in [9.17, 15) is 14.7 Å². The van der Waals surface area contributed by atoms with Crippen LogP contribution in [0.15, 0.2) is 83.0 Å². The Bertz CT molecular complexity index is 1040. The molecule has 3 aromatic rings. The highest BCUT2D eigenvalue weighted by Gasteiger charge is 2.10. The molecule has 0 saturated carbocycles. The highest BCUT2D eigenvalue weighted by Crippen LogP contribution is 2.26. The number of phenols is 1. The van der Waals surface area contributed by atoms with E-state index in [4.69, 9.17) is 4.74 Å². The van der Waals surface area contributed by atoms with Crippen LogP contribution in [0.1, 0.15) is 38.8 Å². The second kappa shape index (κ2) is 11.1. The van der Waals surface area contributed by atoms with Crippen molar-refractivity contribution in [3.63, 3.8) is 0 Å². The van der Waals surface area contributed by atoms with Crippen molar-refractivity contribution in [2.24, 2.45) is 10.2 Å². The minimum atomic E-state index is -0.382. The summed E-state index contributed by atoms with van der Waals surface area (Å²) < 4.78 is 5.53. The summed E-state index contributed by atoms with van der Waals surface area (Å²) in [5, 5.41) is 18.4. The molecule has 0 aliphatic heterocycles. The van der Waals surface area contributed by atoms with Crippen molar-refractivity contribution in [2.75, 3.05) is 6.61 Å². The molecule has 0 bridgehead atoms. The van der Waals surface area contributed by atoms with Crippen molar-refractivity contribution >= 4 is 24.2 Å². The number of ether oxygens (including phenoxy) is 1. The molecule has 0 saturated heterocycles. The quantitative estimate of drug-likeness (QED) is 0.376. The van der Waals surface area contributed by atoms with Gasteiger partial charge in [-0.15, -0.1) is 0 Å². The molecule has 0 aliphatic carbocycles. The summed E-state index contributed by atoms with van der Waals surface area (Å²) in [7, 11) is 0. The molecule has 0 atom stereocenters. The lowest BCUT2D eigenvalue weighted by Gasteiger charge is -2.09. The van der Waals surface area contributed by atoms with Gasteiger partial charge < -0.3 is 9.84 Å². The Morgan fingerprint density at radius 3 is 1.69 bits per heavy atom. The average Bonchev–Trinajstić information content (AvgIpc) is 2.82. The lowest BCUT2D eigenvalue weighted by Crippen LogP contribution is -2.17. The summed E-state index contributed by atoms with van der Waals surface area (Å²) in [6, 6.07) is 20.4. The van der Waals surface area contributed by atoms with Crippen LogP contribution in [0.4, 0.5) is 0 Å². The van der Waals surface area contributed by atoms with Gasteiger partial charge in [-0.2, -0.15) is 10.2 Å². The maximum absolute atomic E-state index is 12.1. The van der Waals surface area contributed by atoms with E-state index in [0.717, 1.165) is 0 Å². The number of aromatic hydroxyl groups is 1. The number of nitrogens with one attached hydrogen (secondary N) is 2. The molecule has 32 heavy (non-hydrogen) atoms. The van der Waals surface area contributed by atoms with Gasteiger partial charge in [0.2, 0.25) is 0 Å². The molecule has 0 radical (unpaired) electrons. The Morgan fingerprint density at radius 2 is 1.28 bits per heavy atom. The number of hydrazone groups is 2. The third-order valence-corrected chi connectivity index (χ3v) is 4.26. The summed E-state index contributed by atoms with van der Waals surface area (Å²) in [5.41, 5.74) is 6.35. The molecular formula is C24H22N4O4. The number of rotatable bonds is 8. The molecule has 3 N–H and O–H groups in total. The van der Waals surface area contributed by atoms with Crippen molar-refractivity contribution in [3.05, 3.63) is 95.1 Å². The SMILES string of the molecule is CCOc1cc(C=NNC(=O)c2ccccc2)c(O)c(/C=N/NC(=O)c2ccccc2)c1. The summed E-state index contributed by atoms with van der Waals surface area (Å²) in [6.45, 7) is 2.24. The van der Waals surface area contributed by atoms with Crippen LogP contribution in [0.2, 0.25) is 0 Å². The van der Waals surface area contributed by atoms with E-state index in [1.165, 1.54) is 12.4 Å².